The van der Waals surface area contributed by atoms with Crippen molar-refractivity contribution in [3.63, 3.8) is 0 Å². The Morgan fingerprint density at radius 2 is 1.89 bits per heavy atom. The van der Waals surface area contributed by atoms with Crippen LogP contribution in [-0.2, 0) is 9.47 Å². The van der Waals surface area contributed by atoms with Gasteiger partial charge in [-0.15, -0.1) is 0 Å². The molecule has 19 heavy (non-hydrogen) atoms. The lowest BCUT2D eigenvalue weighted by Gasteiger charge is -2.18. The average molecular weight is 270 g/mol. The van der Waals surface area contributed by atoms with Crippen molar-refractivity contribution in [2.24, 2.45) is 0 Å². The standard InChI is InChI=1S/C14H19FO4/c1-4-17-14(18-5-2)9-19-13-7-6-11(15)8-12(13)10(3)16/h6-8,14H,4-5,9H2,1-3H3. The van der Waals surface area contributed by atoms with Crippen LogP contribution in [-0.4, -0.2) is 31.9 Å². The van der Waals surface area contributed by atoms with E-state index in [1.165, 1.54) is 19.1 Å². The van der Waals surface area contributed by atoms with Crippen molar-refractivity contribution in [1.29, 1.82) is 0 Å². The predicted molar refractivity (Wildman–Crippen MR) is 68.9 cm³/mol. The summed E-state index contributed by atoms with van der Waals surface area (Å²) in [6.07, 6.45) is -0.500. The second kappa shape index (κ2) is 7.86. The molecule has 0 aliphatic carbocycles. The molecule has 0 bridgehead atoms. The maximum absolute atomic E-state index is 13.1. The Morgan fingerprint density at radius 1 is 1.26 bits per heavy atom. The summed E-state index contributed by atoms with van der Waals surface area (Å²) < 4.78 is 29.2. The highest BCUT2D eigenvalue weighted by atomic mass is 19.1. The molecule has 0 aromatic heterocycles. The molecule has 0 saturated heterocycles. The van der Waals surface area contributed by atoms with Crippen molar-refractivity contribution in [3.05, 3.63) is 29.6 Å². The van der Waals surface area contributed by atoms with Crippen LogP contribution in [0.3, 0.4) is 0 Å². The minimum Gasteiger partial charge on any atom is -0.488 e. The molecule has 0 unspecified atom stereocenters. The van der Waals surface area contributed by atoms with E-state index in [9.17, 15) is 9.18 Å². The number of rotatable bonds is 8. The lowest BCUT2D eigenvalue weighted by molar-refractivity contribution is -0.152. The van der Waals surface area contributed by atoms with E-state index in [1.54, 1.807) is 0 Å². The second-order valence-electron chi connectivity index (χ2n) is 3.85. The minimum absolute atomic E-state index is 0.146. The molecule has 4 nitrogen and oxygen atoms in total. The third-order valence-corrected chi connectivity index (χ3v) is 2.40. The highest BCUT2D eigenvalue weighted by Crippen LogP contribution is 2.20. The molecule has 0 N–H and O–H groups in total. The Hall–Kier alpha value is -1.46. The van der Waals surface area contributed by atoms with Crippen molar-refractivity contribution < 1.29 is 23.4 Å². The Labute approximate surface area is 112 Å². The first-order valence-electron chi connectivity index (χ1n) is 6.25. The van der Waals surface area contributed by atoms with Crippen LogP contribution in [0, 0.1) is 5.82 Å². The molecule has 5 heteroatoms. The minimum atomic E-state index is -0.500. The molecule has 1 aromatic rings. The predicted octanol–water partition coefficient (Wildman–Crippen LogP) is 2.81. The van der Waals surface area contributed by atoms with Crippen LogP contribution in [0.15, 0.2) is 18.2 Å². The zero-order valence-corrected chi connectivity index (χ0v) is 11.4. The first kappa shape index (κ1) is 15.6. The van der Waals surface area contributed by atoms with Gasteiger partial charge >= 0.3 is 0 Å². The summed E-state index contributed by atoms with van der Waals surface area (Å²) in [4.78, 5) is 11.4. The summed E-state index contributed by atoms with van der Waals surface area (Å²) >= 11 is 0. The van der Waals surface area contributed by atoms with Crippen molar-refractivity contribution in [3.8, 4) is 5.75 Å². The Morgan fingerprint density at radius 3 is 2.42 bits per heavy atom. The van der Waals surface area contributed by atoms with Gasteiger partial charge in [-0.05, 0) is 39.0 Å². The van der Waals surface area contributed by atoms with Crippen molar-refractivity contribution in [1.82, 2.24) is 0 Å². The largest absolute Gasteiger partial charge is 0.488 e. The number of halogens is 1. The maximum atomic E-state index is 13.1. The summed E-state index contributed by atoms with van der Waals surface area (Å²) in [5.41, 5.74) is 0.215. The van der Waals surface area contributed by atoms with Crippen LogP contribution in [0.4, 0.5) is 4.39 Å². The molecular weight excluding hydrogens is 251 g/mol. The molecule has 0 heterocycles. The smallest absolute Gasteiger partial charge is 0.191 e. The number of Topliss-reactive ketones (excluding diaryl/α,β-unsaturated/α-hetero) is 1. The van der Waals surface area contributed by atoms with E-state index < -0.39 is 12.1 Å². The van der Waals surface area contributed by atoms with Crippen molar-refractivity contribution >= 4 is 5.78 Å². The van der Waals surface area contributed by atoms with Gasteiger partial charge in [0.25, 0.3) is 0 Å². The number of ether oxygens (including phenoxy) is 3. The van der Waals surface area contributed by atoms with E-state index in [1.807, 2.05) is 13.8 Å². The Balaban J connectivity index is 2.73. The molecular formula is C14H19FO4. The fourth-order valence-electron chi connectivity index (χ4n) is 1.58. The number of ketones is 1. The monoisotopic (exact) mass is 270 g/mol. The summed E-state index contributed by atoms with van der Waals surface area (Å²) in [7, 11) is 0. The summed E-state index contributed by atoms with van der Waals surface area (Å²) in [5, 5.41) is 0. The van der Waals surface area contributed by atoms with Crippen molar-refractivity contribution in [2.45, 2.75) is 27.1 Å². The van der Waals surface area contributed by atoms with Gasteiger partial charge in [0.1, 0.15) is 18.2 Å². The Kier molecular flexibility index (Phi) is 6.45. The van der Waals surface area contributed by atoms with Crippen LogP contribution in [0.5, 0.6) is 5.75 Å². The maximum Gasteiger partial charge on any atom is 0.191 e. The van der Waals surface area contributed by atoms with Gasteiger partial charge in [-0.2, -0.15) is 0 Å². The van der Waals surface area contributed by atoms with Crippen LogP contribution in [0.1, 0.15) is 31.1 Å². The van der Waals surface area contributed by atoms with Gasteiger partial charge in [0.15, 0.2) is 12.1 Å². The van der Waals surface area contributed by atoms with Gasteiger partial charge in [-0.3, -0.25) is 4.79 Å². The van der Waals surface area contributed by atoms with Gasteiger partial charge < -0.3 is 14.2 Å². The number of hydrogen-bond acceptors (Lipinski definition) is 4. The van der Waals surface area contributed by atoms with Gasteiger partial charge in [-0.1, -0.05) is 0 Å². The molecule has 1 rings (SSSR count). The SMILES string of the molecule is CCOC(COc1ccc(F)cc1C(C)=O)OCC. The van der Waals surface area contributed by atoms with E-state index in [0.717, 1.165) is 6.07 Å². The molecule has 0 saturated carbocycles. The molecule has 1 aromatic carbocycles. The van der Waals surface area contributed by atoms with Gasteiger partial charge in [-0.25, -0.2) is 4.39 Å². The zero-order valence-electron chi connectivity index (χ0n) is 11.4. The zero-order chi connectivity index (χ0) is 14.3. The van der Waals surface area contributed by atoms with E-state index in [2.05, 4.69) is 0 Å². The fourth-order valence-corrected chi connectivity index (χ4v) is 1.58. The summed E-state index contributed by atoms with van der Waals surface area (Å²) in [5.74, 6) is -0.388. The average Bonchev–Trinajstić information content (AvgIpc) is 2.37. The van der Waals surface area contributed by atoms with Crippen LogP contribution in [0.2, 0.25) is 0 Å². The van der Waals surface area contributed by atoms with Gasteiger partial charge in [0, 0.05) is 13.2 Å². The molecule has 0 aliphatic heterocycles. The third-order valence-electron chi connectivity index (χ3n) is 2.40. The van der Waals surface area contributed by atoms with Crippen molar-refractivity contribution in [2.75, 3.05) is 19.8 Å². The summed E-state index contributed by atoms with van der Waals surface area (Å²) in [6.45, 7) is 6.21. The first-order valence-corrected chi connectivity index (χ1v) is 6.25. The topological polar surface area (TPSA) is 44.8 Å². The second-order valence-corrected chi connectivity index (χ2v) is 3.85. The van der Waals surface area contributed by atoms with Gasteiger partial charge in [0.2, 0.25) is 0 Å². The highest BCUT2D eigenvalue weighted by Gasteiger charge is 2.13. The fraction of sp³-hybridized carbons (Fsp3) is 0.500. The number of benzene rings is 1. The van der Waals surface area contributed by atoms with Crippen LogP contribution < -0.4 is 4.74 Å². The van der Waals surface area contributed by atoms with E-state index in [-0.39, 0.29) is 18.0 Å². The van der Waals surface area contributed by atoms with Crippen LogP contribution in [0.25, 0.3) is 0 Å². The number of carbonyl (C=O) groups excluding carboxylic acids is 1. The molecule has 0 radical (unpaired) electrons. The number of carbonyl (C=O) groups is 1. The molecule has 0 amide bonds. The Bertz CT molecular complexity index is 414. The normalized spacial score (nSPS) is 10.8. The third kappa shape index (κ3) is 4.96. The molecule has 0 spiro atoms. The lowest BCUT2D eigenvalue weighted by Crippen LogP contribution is -2.25. The lowest BCUT2D eigenvalue weighted by atomic mass is 10.1. The van der Waals surface area contributed by atoms with Gasteiger partial charge in [0.05, 0.1) is 5.56 Å². The first-order chi connectivity index (χ1) is 9.08. The van der Waals surface area contributed by atoms with Crippen LogP contribution >= 0.6 is 0 Å². The summed E-state index contributed by atoms with van der Waals surface area (Å²) in [6, 6.07) is 3.84. The van der Waals surface area contributed by atoms with E-state index in [0.29, 0.717) is 19.0 Å². The van der Waals surface area contributed by atoms with E-state index >= 15 is 0 Å². The quantitative estimate of drug-likeness (QED) is 0.538. The molecule has 0 atom stereocenters. The van der Waals surface area contributed by atoms with E-state index in [4.69, 9.17) is 14.2 Å². The number of hydrogen-bond donors (Lipinski definition) is 0. The molecule has 0 aliphatic rings. The molecule has 106 valence electrons. The molecule has 0 fully saturated rings. The highest BCUT2D eigenvalue weighted by molar-refractivity contribution is 5.96.